The van der Waals surface area contributed by atoms with E-state index in [0.29, 0.717) is 6.42 Å². The van der Waals surface area contributed by atoms with Crippen molar-refractivity contribution in [2.75, 3.05) is 0 Å². The van der Waals surface area contributed by atoms with Crippen LogP contribution in [0.2, 0.25) is 0 Å². The molecule has 13 heavy (non-hydrogen) atoms. The van der Waals surface area contributed by atoms with Crippen LogP contribution in [0.5, 0.6) is 0 Å². The quantitative estimate of drug-likeness (QED) is 0.698. The van der Waals surface area contributed by atoms with Gasteiger partial charge in [0.25, 0.3) is 0 Å². The molecule has 1 radical (unpaired) electrons. The van der Waals surface area contributed by atoms with E-state index in [0.717, 1.165) is 5.69 Å². The Kier molecular flexibility index (Phi) is 5.32. The standard InChI is InChI=1S/C11H15N.Y/c1-5-10-8-9(6-7-12-10)11(2,3)4;/h6-7H,1,5H2,2-4H3;/q-2;. The minimum absolute atomic E-state index is 0. The smallest absolute Gasteiger partial charge is 0 e. The van der Waals surface area contributed by atoms with Crippen LogP contribution in [0.1, 0.15) is 32.0 Å². The normalized spacial score (nSPS) is 10.8. The van der Waals surface area contributed by atoms with Gasteiger partial charge in [0.1, 0.15) is 0 Å². The Morgan fingerprint density at radius 2 is 2.08 bits per heavy atom. The molecule has 0 aliphatic rings. The molecule has 1 aromatic heterocycles. The fourth-order valence-electron chi connectivity index (χ4n) is 0.996. The average Bonchev–Trinajstić information content (AvgIpc) is 2.03. The van der Waals surface area contributed by atoms with Crippen LogP contribution in [0.15, 0.2) is 12.3 Å². The number of pyridine rings is 1. The molecule has 1 rings (SSSR count). The number of hydrogen-bond donors (Lipinski definition) is 0. The van der Waals surface area contributed by atoms with Gasteiger partial charge in [-0.05, 0) is 5.41 Å². The molecule has 0 unspecified atom stereocenters. The molecule has 0 spiro atoms. The van der Waals surface area contributed by atoms with Gasteiger partial charge in [0.15, 0.2) is 0 Å². The first-order valence-corrected chi connectivity index (χ1v) is 4.21. The maximum Gasteiger partial charge on any atom is 0 e. The van der Waals surface area contributed by atoms with E-state index in [4.69, 9.17) is 0 Å². The van der Waals surface area contributed by atoms with Gasteiger partial charge in [-0.2, -0.15) is 12.5 Å². The summed E-state index contributed by atoms with van der Waals surface area (Å²) < 4.78 is 0. The zero-order chi connectivity index (χ0) is 9.19. The summed E-state index contributed by atoms with van der Waals surface area (Å²) in [6.07, 6.45) is 2.54. The van der Waals surface area contributed by atoms with Crippen molar-refractivity contribution in [3.63, 3.8) is 0 Å². The number of rotatable bonds is 1. The SMILES string of the molecule is [CH2-]Cc1[c-]c(C(C)(C)C)ccn1.[Y]. The molecule has 0 saturated heterocycles. The van der Waals surface area contributed by atoms with Gasteiger partial charge in [-0.1, -0.05) is 32.7 Å². The Hall–Kier alpha value is 0.254. The van der Waals surface area contributed by atoms with Gasteiger partial charge in [0, 0.05) is 32.7 Å². The minimum Gasteiger partial charge on any atom is -0.339 e. The van der Waals surface area contributed by atoms with E-state index in [9.17, 15) is 0 Å². The summed E-state index contributed by atoms with van der Waals surface area (Å²) in [7, 11) is 0. The molecule has 0 bridgehead atoms. The predicted molar refractivity (Wildman–Crippen MR) is 50.8 cm³/mol. The first-order valence-electron chi connectivity index (χ1n) is 4.21. The van der Waals surface area contributed by atoms with E-state index in [1.165, 1.54) is 5.56 Å². The maximum absolute atomic E-state index is 4.15. The summed E-state index contributed by atoms with van der Waals surface area (Å²) in [5, 5.41) is 0. The summed E-state index contributed by atoms with van der Waals surface area (Å²) in [5.41, 5.74) is 2.31. The minimum atomic E-state index is 0. The second-order valence-electron chi connectivity index (χ2n) is 3.93. The van der Waals surface area contributed by atoms with Crippen molar-refractivity contribution >= 4 is 0 Å². The molecule has 0 fully saturated rings. The summed E-state index contributed by atoms with van der Waals surface area (Å²) in [4.78, 5) is 4.15. The van der Waals surface area contributed by atoms with E-state index in [1.807, 2.05) is 12.3 Å². The van der Waals surface area contributed by atoms with Gasteiger partial charge in [0.05, 0.1) is 0 Å². The second-order valence-corrected chi connectivity index (χ2v) is 3.93. The molecule has 1 nitrogen and oxygen atoms in total. The molecule has 0 aliphatic heterocycles. The number of nitrogens with zero attached hydrogens (tertiary/aromatic N) is 1. The summed E-state index contributed by atoms with van der Waals surface area (Å²) in [6.45, 7) is 10.3. The van der Waals surface area contributed by atoms with Crippen LogP contribution >= 0.6 is 0 Å². The number of hydrogen-bond acceptors (Lipinski definition) is 1. The van der Waals surface area contributed by atoms with Gasteiger partial charge in [-0.25, -0.2) is 11.6 Å². The van der Waals surface area contributed by atoms with Crippen molar-refractivity contribution in [3.05, 3.63) is 36.5 Å². The third-order valence-corrected chi connectivity index (χ3v) is 1.80. The molecule has 2 heteroatoms. The summed E-state index contributed by atoms with van der Waals surface area (Å²) >= 11 is 0. The number of aromatic nitrogens is 1. The molecule has 1 aromatic rings. The first-order chi connectivity index (χ1) is 5.54. The van der Waals surface area contributed by atoms with E-state index >= 15 is 0 Å². The molecular formula is C11H15NY-2. The Bertz CT molecular complexity index is 263. The topological polar surface area (TPSA) is 12.9 Å². The van der Waals surface area contributed by atoms with Gasteiger partial charge in [-0.3, -0.25) is 0 Å². The fourth-order valence-corrected chi connectivity index (χ4v) is 0.996. The van der Waals surface area contributed by atoms with Crippen LogP contribution in [0.4, 0.5) is 0 Å². The van der Waals surface area contributed by atoms with Crippen LogP contribution in [-0.2, 0) is 44.5 Å². The van der Waals surface area contributed by atoms with Crippen molar-refractivity contribution in [3.8, 4) is 0 Å². The predicted octanol–water partition coefficient (Wildman–Crippen LogP) is 2.55. The summed E-state index contributed by atoms with van der Waals surface area (Å²) in [5.74, 6) is 0. The monoisotopic (exact) mass is 250 g/mol. The van der Waals surface area contributed by atoms with Gasteiger partial charge >= 0.3 is 0 Å². The van der Waals surface area contributed by atoms with E-state index in [1.54, 1.807) is 0 Å². The van der Waals surface area contributed by atoms with Crippen LogP contribution < -0.4 is 0 Å². The van der Waals surface area contributed by atoms with E-state index < -0.39 is 0 Å². The zero-order valence-corrected chi connectivity index (χ0v) is 11.4. The average molecular weight is 250 g/mol. The van der Waals surface area contributed by atoms with E-state index in [2.05, 4.69) is 38.7 Å². The largest absolute Gasteiger partial charge is 0.339 e. The molecular weight excluding hydrogens is 235 g/mol. The molecule has 0 amide bonds. The first kappa shape index (κ1) is 13.3. The van der Waals surface area contributed by atoms with Crippen LogP contribution in [0, 0.1) is 13.0 Å². The molecule has 0 atom stereocenters. The molecule has 0 aliphatic carbocycles. The van der Waals surface area contributed by atoms with Crippen molar-refractivity contribution in [2.24, 2.45) is 0 Å². The second kappa shape index (κ2) is 5.21. The van der Waals surface area contributed by atoms with Crippen LogP contribution in [0.3, 0.4) is 0 Å². The molecule has 1 heterocycles. The fraction of sp³-hybridized carbons (Fsp3) is 0.455. The molecule has 0 aromatic carbocycles. The Balaban J connectivity index is 0.00000144. The van der Waals surface area contributed by atoms with E-state index in [-0.39, 0.29) is 38.1 Å². The summed E-state index contributed by atoms with van der Waals surface area (Å²) in [6, 6.07) is 5.27. The van der Waals surface area contributed by atoms with Crippen LogP contribution in [0.25, 0.3) is 0 Å². The molecule has 0 saturated carbocycles. The van der Waals surface area contributed by atoms with Crippen molar-refractivity contribution in [1.29, 1.82) is 0 Å². The Morgan fingerprint density at radius 3 is 2.54 bits per heavy atom. The van der Waals surface area contributed by atoms with Crippen molar-refractivity contribution in [1.82, 2.24) is 4.98 Å². The third kappa shape index (κ3) is 3.87. The zero-order valence-electron chi connectivity index (χ0n) is 8.59. The van der Waals surface area contributed by atoms with Gasteiger partial charge < -0.3 is 11.9 Å². The molecule has 69 valence electrons. The van der Waals surface area contributed by atoms with Gasteiger partial charge in [0.2, 0.25) is 0 Å². The molecule has 0 N–H and O–H groups in total. The van der Waals surface area contributed by atoms with Crippen molar-refractivity contribution < 1.29 is 32.7 Å². The Labute approximate surface area is 106 Å². The van der Waals surface area contributed by atoms with Crippen molar-refractivity contribution in [2.45, 2.75) is 32.6 Å². The van der Waals surface area contributed by atoms with Crippen LogP contribution in [-0.4, -0.2) is 4.98 Å². The third-order valence-electron chi connectivity index (χ3n) is 1.80. The Morgan fingerprint density at radius 1 is 1.46 bits per heavy atom. The maximum atomic E-state index is 4.15. The van der Waals surface area contributed by atoms with Gasteiger partial charge in [-0.15, -0.1) is 0 Å².